The summed E-state index contributed by atoms with van der Waals surface area (Å²) in [5, 5.41) is 6.60. The first-order chi connectivity index (χ1) is 8.54. The molecule has 102 valence electrons. The number of thiazole rings is 1. The van der Waals surface area contributed by atoms with E-state index in [-0.39, 0.29) is 0 Å². The lowest BCUT2D eigenvalue weighted by Gasteiger charge is -2.05. The van der Waals surface area contributed by atoms with Crippen molar-refractivity contribution in [2.75, 3.05) is 39.2 Å². The minimum atomic E-state index is -0.512. The fourth-order valence-corrected chi connectivity index (χ4v) is 2.19. The van der Waals surface area contributed by atoms with E-state index >= 15 is 0 Å². The van der Waals surface area contributed by atoms with Crippen LogP contribution in [0, 0.1) is 0 Å². The van der Waals surface area contributed by atoms with E-state index in [4.69, 9.17) is 10.5 Å². The van der Waals surface area contributed by atoms with Gasteiger partial charge in [0.15, 0.2) is 5.13 Å². The molecule has 0 saturated carbocycles. The van der Waals surface area contributed by atoms with Gasteiger partial charge in [-0.15, -0.1) is 0 Å². The van der Waals surface area contributed by atoms with Crippen molar-refractivity contribution in [1.82, 2.24) is 15.6 Å². The highest BCUT2D eigenvalue weighted by atomic mass is 32.1. The Morgan fingerprint density at radius 3 is 2.78 bits per heavy atom. The van der Waals surface area contributed by atoms with Gasteiger partial charge < -0.3 is 26.0 Å². The first-order valence-corrected chi connectivity index (χ1v) is 6.31. The highest BCUT2D eigenvalue weighted by Gasteiger charge is 2.12. The summed E-state index contributed by atoms with van der Waals surface area (Å²) >= 11 is 1.57. The number of methoxy groups -OCH3 is 1. The number of nitrogens with one attached hydrogen (secondary N) is 2. The van der Waals surface area contributed by atoms with Gasteiger partial charge in [0.05, 0.1) is 12.0 Å². The van der Waals surface area contributed by atoms with Crippen LogP contribution in [-0.4, -0.2) is 45.3 Å². The second kappa shape index (κ2) is 7.02. The van der Waals surface area contributed by atoms with Gasteiger partial charge in [0, 0.05) is 33.7 Å². The summed E-state index contributed by atoms with van der Waals surface area (Å²) in [6.07, 6.45) is 0. The number of ether oxygens (including phenoxy) is 1. The standard InChI is InChI=1S/C10H19N5O2S/c1-15(2)10-14-8(17-3)7(18-10)6-12-4-5-13-9(11)16/h12H,4-6H2,1-3H3,(H3,11,13,16). The molecule has 4 N–H and O–H groups in total. The first-order valence-electron chi connectivity index (χ1n) is 5.49. The van der Waals surface area contributed by atoms with Crippen molar-refractivity contribution in [2.24, 2.45) is 5.73 Å². The Labute approximate surface area is 110 Å². The highest BCUT2D eigenvalue weighted by molar-refractivity contribution is 7.15. The van der Waals surface area contributed by atoms with Crippen molar-refractivity contribution in [2.45, 2.75) is 6.54 Å². The molecule has 0 saturated heterocycles. The van der Waals surface area contributed by atoms with Gasteiger partial charge in [0.1, 0.15) is 0 Å². The topological polar surface area (TPSA) is 92.5 Å². The van der Waals surface area contributed by atoms with E-state index in [1.165, 1.54) is 0 Å². The van der Waals surface area contributed by atoms with E-state index in [1.807, 2.05) is 19.0 Å². The molecule has 1 aromatic heterocycles. The number of nitrogens with two attached hydrogens (primary N) is 1. The van der Waals surface area contributed by atoms with E-state index < -0.39 is 6.03 Å². The van der Waals surface area contributed by atoms with Crippen molar-refractivity contribution >= 4 is 22.5 Å². The summed E-state index contributed by atoms with van der Waals surface area (Å²) in [7, 11) is 5.48. The van der Waals surface area contributed by atoms with Crippen molar-refractivity contribution in [1.29, 1.82) is 0 Å². The Morgan fingerprint density at radius 2 is 2.22 bits per heavy atom. The molecule has 1 aromatic rings. The molecule has 0 radical (unpaired) electrons. The van der Waals surface area contributed by atoms with Gasteiger partial charge in [-0.1, -0.05) is 11.3 Å². The van der Waals surface area contributed by atoms with Crippen molar-refractivity contribution in [3.05, 3.63) is 4.88 Å². The van der Waals surface area contributed by atoms with Crippen LogP contribution in [0.15, 0.2) is 0 Å². The Balaban J connectivity index is 2.43. The molecular weight excluding hydrogens is 254 g/mol. The Bertz CT molecular complexity index is 394. The number of hydrogen-bond donors (Lipinski definition) is 3. The third kappa shape index (κ3) is 4.38. The van der Waals surface area contributed by atoms with Gasteiger partial charge in [-0.2, -0.15) is 4.98 Å². The van der Waals surface area contributed by atoms with Gasteiger partial charge in [-0.25, -0.2) is 4.79 Å². The molecule has 18 heavy (non-hydrogen) atoms. The highest BCUT2D eigenvalue weighted by Crippen LogP contribution is 2.29. The fraction of sp³-hybridized carbons (Fsp3) is 0.600. The monoisotopic (exact) mass is 273 g/mol. The number of hydrogen-bond acceptors (Lipinski definition) is 6. The average Bonchev–Trinajstić information content (AvgIpc) is 2.71. The summed E-state index contributed by atoms with van der Waals surface area (Å²) in [6, 6.07) is -0.512. The molecule has 0 spiro atoms. The lowest BCUT2D eigenvalue weighted by Crippen LogP contribution is -2.35. The van der Waals surface area contributed by atoms with Gasteiger partial charge >= 0.3 is 6.03 Å². The normalized spacial score (nSPS) is 10.2. The zero-order valence-electron chi connectivity index (χ0n) is 10.8. The maximum Gasteiger partial charge on any atom is 0.312 e. The number of carbonyl (C=O) groups is 1. The number of nitrogens with zero attached hydrogens (tertiary/aromatic N) is 2. The summed E-state index contributed by atoms with van der Waals surface area (Å²) in [4.78, 5) is 17.8. The van der Waals surface area contributed by atoms with Crippen molar-refractivity contribution < 1.29 is 9.53 Å². The maximum atomic E-state index is 10.5. The average molecular weight is 273 g/mol. The van der Waals surface area contributed by atoms with Crippen LogP contribution < -0.4 is 26.0 Å². The molecule has 0 fully saturated rings. The number of rotatable bonds is 7. The molecule has 0 aliphatic rings. The quantitative estimate of drug-likeness (QED) is 0.607. The van der Waals surface area contributed by atoms with E-state index in [2.05, 4.69) is 15.6 Å². The van der Waals surface area contributed by atoms with Crippen LogP contribution in [0.5, 0.6) is 5.88 Å². The third-order valence-corrected chi connectivity index (χ3v) is 3.32. The smallest absolute Gasteiger partial charge is 0.312 e. The molecule has 7 nitrogen and oxygen atoms in total. The van der Waals surface area contributed by atoms with E-state index in [1.54, 1.807) is 18.4 Å². The van der Waals surface area contributed by atoms with Crippen LogP contribution in [0.4, 0.5) is 9.93 Å². The number of urea groups is 1. The third-order valence-electron chi connectivity index (χ3n) is 2.11. The second-order valence-corrected chi connectivity index (χ2v) is 4.85. The molecule has 0 bridgehead atoms. The summed E-state index contributed by atoms with van der Waals surface area (Å²) in [5.41, 5.74) is 4.96. The maximum absolute atomic E-state index is 10.5. The van der Waals surface area contributed by atoms with Gasteiger partial charge in [0.25, 0.3) is 0 Å². The van der Waals surface area contributed by atoms with E-state index in [0.717, 1.165) is 10.0 Å². The van der Waals surface area contributed by atoms with Crippen LogP contribution in [0.1, 0.15) is 4.88 Å². The molecule has 0 unspecified atom stereocenters. The van der Waals surface area contributed by atoms with Gasteiger partial charge in [0.2, 0.25) is 5.88 Å². The zero-order valence-corrected chi connectivity index (χ0v) is 11.6. The van der Waals surface area contributed by atoms with Gasteiger partial charge in [-0.3, -0.25) is 0 Å². The molecule has 0 atom stereocenters. The molecule has 0 aliphatic carbocycles. The largest absolute Gasteiger partial charge is 0.480 e. The van der Waals surface area contributed by atoms with Crippen LogP contribution in [0.2, 0.25) is 0 Å². The number of primary amides is 1. The predicted molar refractivity (Wildman–Crippen MR) is 72.3 cm³/mol. The first kappa shape index (κ1) is 14.5. The Morgan fingerprint density at radius 1 is 1.50 bits per heavy atom. The lowest BCUT2D eigenvalue weighted by molar-refractivity contribution is 0.249. The van der Waals surface area contributed by atoms with Crippen LogP contribution in [0.25, 0.3) is 0 Å². The van der Waals surface area contributed by atoms with Crippen LogP contribution in [-0.2, 0) is 6.54 Å². The van der Waals surface area contributed by atoms with E-state index in [9.17, 15) is 4.79 Å². The molecule has 1 heterocycles. The zero-order chi connectivity index (χ0) is 13.5. The molecule has 8 heteroatoms. The molecular formula is C10H19N5O2S. The summed E-state index contributed by atoms with van der Waals surface area (Å²) < 4.78 is 5.21. The van der Waals surface area contributed by atoms with Crippen molar-refractivity contribution in [3.8, 4) is 5.88 Å². The molecule has 1 rings (SSSR count). The fourth-order valence-electron chi connectivity index (χ4n) is 1.26. The van der Waals surface area contributed by atoms with Crippen molar-refractivity contribution in [3.63, 3.8) is 0 Å². The number of anilines is 1. The lowest BCUT2D eigenvalue weighted by atomic mass is 10.5. The van der Waals surface area contributed by atoms with E-state index in [0.29, 0.717) is 25.5 Å². The predicted octanol–water partition coefficient (Wildman–Crippen LogP) is -0.0244. The van der Waals surface area contributed by atoms with Crippen LogP contribution in [0.3, 0.4) is 0 Å². The molecule has 0 aliphatic heterocycles. The summed E-state index contributed by atoms with van der Waals surface area (Å²) in [5.74, 6) is 0.638. The minimum absolute atomic E-state index is 0.497. The molecule has 2 amide bonds. The number of aromatic nitrogens is 1. The minimum Gasteiger partial charge on any atom is -0.480 e. The number of carbonyl (C=O) groups excluding carboxylic acids is 1. The van der Waals surface area contributed by atoms with Gasteiger partial charge in [-0.05, 0) is 0 Å². The number of amides is 2. The van der Waals surface area contributed by atoms with Crippen LogP contribution >= 0.6 is 11.3 Å². The Hall–Kier alpha value is -1.54. The Kier molecular flexibility index (Phi) is 5.66. The second-order valence-electron chi connectivity index (χ2n) is 3.79. The summed E-state index contributed by atoms with van der Waals surface area (Å²) in [6.45, 7) is 1.79. The SMILES string of the molecule is COc1nc(N(C)C)sc1CNCCNC(N)=O. The molecule has 0 aromatic carbocycles.